The smallest absolute Gasteiger partial charge is 0.382 e. The van der Waals surface area contributed by atoms with Gasteiger partial charge in [-0.05, 0) is 25.0 Å². The van der Waals surface area contributed by atoms with Crippen molar-refractivity contribution in [3.8, 4) is 11.8 Å². The minimum Gasteiger partial charge on any atom is -0.382 e. The van der Waals surface area contributed by atoms with E-state index in [0.717, 1.165) is 0 Å². The largest absolute Gasteiger partial charge is 0.416 e. The van der Waals surface area contributed by atoms with E-state index in [9.17, 15) is 40.0 Å². The highest BCUT2D eigenvalue weighted by Crippen LogP contribution is 2.58. The number of halogens is 8. The van der Waals surface area contributed by atoms with Crippen molar-refractivity contribution in [3.05, 3.63) is 33.4 Å². The Morgan fingerprint density at radius 1 is 1.21 bits per heavy atom. The zero-order chi connectivity index (χ0) is 25.1. The summed E-state index contributed by atoms with van der Waals surface area (Å²) in [5.74, 6) is -0.654. The van der Waals surface area contributed by atoms with E-state index in [1.165, 1.54) is 6.07 Å². The van der Waals surface area contributed by atoms with Gasteiger partial charge in [-0.25, -0.2) is 13.1 Å². The van der Waals surface area contributed by atoms with E-state index in [2.05, 4.69) is 5.10 Å². The van der Waals surface area contributed by atoms with Crippen molar-refractivity contribution in [2.24, 2.45) is 5.41 Å². The molecule has 0 amide bonds. The van der Waals surface area contributed by atoms with E-state index >= 15 is 0 Å². The summed E-state index contributed by atoms with van der Waals surface area (Å²) in [6, 6.07) is 2.55. The molecule has 1 aromatic heterocycles. The van der Waals surface area contributed by atoms with Gasteiger partial charge in [-0.3, -0.25) is 4.31 Å². The topological polar surface area (TPSA) is 105 Å². The molecule has 180 valence electrons. The molecule has 0 atom stereocenters. The summed E-state index contributed by atoms with van der Waals surface area (Å²) >= 11 is 11.9. The standard InChI is InChI=1S/C17H13Cl2F6N5O2S/c1-33(31,32)29(7-15(2-3-15)17(23,24)25)13-11(6-26)28-30(14(13)27)12-9(18)4-8(5-10(12)19)16(20,21)22/h4-5H,2-3,7,27H2,1H3. The third-order valence-electron chi connectivity index (χ3n) is 5.11. The number of alkyl halides is 6. The maximum absolute atomic E-state index is 13.5. The van der Waals surface area contributed by atoms with Gasteiger partial charge in [-0.1, -0.05) is 23.2 Å². The lowest BCUT2D eigenvalue weighted by molar-refractivity contribution is -0.183. The second-order valence-electron chi connectivity index (χ2n) is 7.44. The molecule has 0 aliphatic heterocycles. The monoisotopic (exact) mass is 535 g/mol. The van der Waals surface area contributed by atoms with Crippen molar-refractivity contribution in [3.63, 3.8) is 0 Å². The van der Waals surface area contributed by atoms with Gasteiger partial charge in [0.2, 0.25) is 10.0 Å². The summed E-state index contributed by atoms with van der Waals surface area (Å²) in [6.45, 7) is -1.06. The van der Waals surface area contributed by atoms with Crippen LogP contribution in [0.2, 0.25) is 10.0 Å². The Morgan fingerprint density at radius 2 is 1.73 bits per heavy atom. The molecule has 1 saturated carbocycles. The van der Waals surface area contributed by atoms with Crippen LogP contribution < -0.4 is 10.0 Å². The highest BCUT2D eigenvalue weighted by molar-refractivity contribution is 7.92. The van der Waals surface area contributed by atoms with E-state index in [1.807, 2.05) is 0 Å². The molecule has 1 aromatic carbocycles. The average Bonchev–Trinajstić information content (AvgIpc) is 3.37. The fourth-order valence-electron chi connectivity index (χ4n) is 3.17. The highest BCUT2D eigenvalue weighted by atomic mass is 35.5. The average molecular weight is 536 g/mol. The van der Waals surface area contributed by atoms with Gasteiger partial charge in [-0.2, -0.15) is 36.7 Å². The summed E-state index contributed by atoms with van der Waals surface area (Å²) in [4.78, 5) is 0. The van der Waals surface area contributed by atoms with Crippen LogP contribution in [0.1, 0.15) is 24.1 Å². The Morgan fingerprint density at radius 3 is 2.09 bits per heavy atom. The van der Waals surface area contributed by atoms with Gasteiger partial charge in [0.25, 0.3) is 0 Å². The molecule has 1 aliphatic carbocycles. The van der Waals surface area contributed by atoms with E-state index in [0.29, 0.717) is 27.4 Å². The van der Waals surface area contributed by atoms with Crippen molar-refractivity contribution in [1.29, 1.82) is 5.26 Å². The van der Waals surface area contributed by atoms with Gasteiger partial charge in [-0.15, -0.1) is 0 Å². The third-order valence-corrected chi connectivity index (χ3v) is 6.80. The first-order chi connectivity index (χ1) is 14.9. The molecule has 0 bridgehead atoms. The first-order valence-electron chi connectivity index (χ1n) is 8.82. The van der Waals surface area contributed by atoms with Gasteiger partial charge >= 0.3 is 12.4 Å². The van der Waals surface area contributed by atoms with E-state index < -0.39 is 72.8 Å². The summed E-state index contributed by atoms with van der Waals surface area (Å²) in [6.07, 6.45) is -9.58. The van der Waals surface area contributed by atoms with Crippen molar-refractivity contribution >= 4 is 44.7 Å². The molecule has 0 radical (unpaired) electrons. The Balaban J connectivity index is 2.21. The fourth-order valence-corrected chi connectivity index (χ4v) is 4.81. The van der Waals surface area contributed by atoms with Crippen molar-refractivity contribution < 1.29 is 34.8 Å². The molecule has 16 heteroatoms. The zero-order valence-corrected chi connectivity index (χ0v) is 18.7. The van der Waals surface area contributed by atoms with Crippen LogP contribution in [0, 0.1) is 16.7 Å². The molecule has 2 aromatic rings. The second kappa shape index (κ2) is 7.85. The molecule has 1 heterocycles. The molecular weight excluding hydrogens is 523 g/mol. The Labute approximate surface area is 193 Å². The quantitative estimate of drug-likeness (QED) is 0.555. The second-order valence-corrected chi connectivity index (χ2v) is 10.2. The molecule has 33 heavy (non-hydrogen) atoms. The molecule has 2 N–H and O–H groups in total. The maximum Gasteiger partial charge on any atom is 0.416 e. The molecule has 1 fully saturated rings. The fraction of sp³-hybridized carbons (Fsp3) is 0.412. The molecular formula is C17H13Cl2F6N5O2S. The SMILES string of the molecule is CS(=O)(=O)N(CC1(C(F)(F)F)CC1)c1c(C#N)nn(-c2c(Cl)cc(C(F)(F)F)cc2Cl)c1N. The minimum atomic E-state index is -4.80. The van der Waals surface area contributed by atoms with Crippen LogP contribution in [-0.4, -0.2) is 37.2 Å². The lowest BCUT2D eigenvalue weighted by Gasteiger charge is -2.28. The lowest BCUT2D eigenvalue weighted by Crippen LogP contribution is -2.41. The van der Waals surface area contributed by atoms with Crippen LogP contribution in [-0.2, 0) is 16.2 Å². The van der Waals surface area contributed by atoms with Crippen LogP contribution >= 0.6 is 23.2 Å². The summed E-state index contributed by atoms with van der Waals surface area (Å²) in [7, 11) is -4.41. The van der Waals surface area contributed by atoms with Crippen LogP contribution in [0.15, 0.2) is 12.1 Å². The highest BCUT2D eigenvalue weighted by Gasteiger charge is 2.64. The van der Waals surface area contributed by atoms with Gasteiger partial charge in [0.1, 0.15) is 17.4 Å². The van der Waals surface area contributed by atoms with Gasteiger partial charge in [0, 0.05) is 6.54 Å². The molecule has 0 unspecified atom stereocenters. The molecule has 1 aliphatic rings. The van der Waals surface area contributed by atoms with E-state index in [-0.39, 0.29) is 12.8 Å². The Kier molecular flexibility index (Phi) is 6.01. The Bertz CT molecular complexity index is 1240. The van der Waals surface area contributed by atoms with Crippen LogP contribution in [0.5, 0.6) is 0 Å². The number of sulfonamides is 1. The first-order valence-corrected chi connectivity index (χ1v) is 11.4. The minimum absolute atomic E-state index is 0.316. The summed E-state index contributed by atoms with van der Waals surface area (Å²) < 4.78 is 105. The van der Waals surface area contributed by atoms with Crippen LogP contribution in [0.25, 0.3) is 5.69 Å². The number of benzene rings is 1. The summed E-state index contributed by atoms with van der Waals surface area (Å²) in [5.41, 5.74) is 0.631. The summed E-state index contributed by atoms with van der Waals surface area (Å²) in [5, 5.41) is 12.0. The number of nitrogens with zero attached hydrogens (tertiary/aromatic N) is 4. The number of nitrogens with two attached hydrogens (primary N) is 1. The first kappa shape index (κ1) is 25.3. The van der Waals surface area contributed by atoms with E-state index in [4.69, 9.17) is 28.9 Å². The number of hydrogen-bond acceptors (Lipinski definition) is 5. The van der Waals surface area contributed by atoms with Gasteiger partial charge < -0.3 is 5.73 Å². The number of rotatable bonds is 5. The lowest BCUT2D eigenvalue weighted by atomic mass is 10.1. The van der Waals surface area contributed by atoms with E-state index in [1.54, 1.807) is 0 Å². The van der Waals surface area contributed by atoms with Gasteiger partial charge in [0.15, 0.2) is 11.5 Å². The number of hydrogen-bond donors (Lipinski definition) is 1. The normalized spacial score (nSPS) is 15.9. The predicted molar refractivity (Wildman–Crippen MR) is 108 cm³/mol. The predicted octanol–water partition coefficient (Wildman–Crippen LogP) is 4.76. The zero-order valence-electron chi connectivity index (χ0n) is 16.4. The molecule has 7 nitrogen and oxygen atoms in total. The van der Waals surface area contributed by atoms with Crippen molar-refractivity contribution in [2.75, 3.05) is 22.8 Å². The molecule has 3 rings (SSSR count). The maximum atomic E-state index is 13.5. The van der Waals surface area contributed by atoms with Gasteiger partial charge in [0.05, 0.1) is 27.3 Å². The number of nitriles is 1. The number of anilines is 2. The van der Waals surface area contributed by atoms with Crippen molar-refractivity contribution in [2.45, 2.75) is 25.2 Å². The van der Waals surface area contributed by atoms with Crippen molar-refractivity contribution in [1.82, 2.24) is 9.78 Å². The van der Waals surface area contributed by atoms with Crippen LogP contribution in [0.3, 0.4) is 0 Å². The number of aromatic nitrogens is 2. The Hall–Kier alpha value is -2.37. The van der Waals surface area contributed by atoms with Crippen LogP contribution in [0.4, 0.5) is 37.8 Å². The third kappa shape index (κ3) is 4.53. The molecule has 0 spiro atoms. The molecule has 0 saturated heterocycles. The number of nitrogen functional groups attached to an aromatic ring is 1.